The molecule has 9 heteroatoms. The first kappa shape index (κ1) is 21.2. The van der Waals surface area contributed by atoms with E-state index >= 15 is 4.39 Å². The second-order valence-electron chi connectivity index (χ2n) is 7.39. The number of benzene rings is 2. The molecule has 1 N–H and O–H groups in total. The fourth-order valence-corrected chi connectivity index (χ4v) is 4.22. The molecule has 3 aromatic heterocycles. The number of hydrogen-bond acceptors (Lipinski definition) is 3. The highest BCUT2D eigenvalue weighted by Crippen LogP contribution is 2.31. The van der Waals surface area contributed by atoms with Gasteiger partial charge in [0, 0.05) is 29.0 Å². The van der Waals surface area contributed by atoms with Gasteiger partial charge in [0.2, 0.25) is 0 Å². The Balaban J connectivity index is 1.89. The fourth-order valence-electron chi connectivity index (χ4n) is 3.82. The van der Waals surface area contributed by atoms with Crippen LogP contribution in [0.15, 0.2) is 82.6 Å². The van der Waals surface area contributed by atoms with Crippen LogP contribution >= 0.6 is 23.2 Å². The highest BCUT2D eigenvalue weighted by molar-refractivity contribution is 6.32. The predicted molar refractivity (Wildman–Crippen MR) is 127 cm³/mol. The third-order valence-corrected chi connectivity index (χ3v) is 5.88. The van der Waals surface area contributed by atoms with E-state index < -0.39 is 16.9 Å². The second-order valence-corrected chi connectivity index (χ2v) is 8.23. The molecule has 0 bridgehead atoms. The molecule has 6 nitrogen and oxygen atoms in total. The quantitative estimate of drug-likeness (QED) is 0.391. The van der Waals surface area contributed by atoms with Crippen molar-refractivity contribution < 1.29 is 4.39 Å². The molecule has 5 rings (SSSR count). The first-order valence-corrected chi connectivity index (χ1v) is 10.7. The molecule has 0 saturated carbocycles. The lowest BCUT2D eigenvalue weighted by Gasteiger charge is -2.15. The number of para-hydroxylation sites is 1. The Labute approximate surface area is 196 Å². The first-order valence-electron chi connectivity index (χ1n) is 9.92. The van der Waals surface area contributed by atoms with Gasteiger partial charge in [-0.1, -0.05) is 35.3 Å². The Kier molecular flexibility index (Phi) is 5.36. The van der Waals surface area contributed by atoms with Gasteiger partial charge in [0.05, 0.1) is 33.9 Å². The molecule has 5 aromatic rings. The summed E-state index contributed by atoms with van der Waals surface area (Å²) >= 11 is 12.5. The summed E-state index contributed by atoms with van der Waals surface area (Å²) in [5.74, 6) is -0.611. The zero-order chi connectivity index (χ0) is 23.1. The Bertz CT molecular complexity index is 1620. The molecule has 0 radical (unpaired) electrons. The van der Waals surface area contributed by atoms with Crippen molar-refractivity contribution in [2.45, 2.75) is 6.54 Å². The number of nitrogens with zero attached hydrogens (tertiary/aromatic N) is 3. The van der Waals surface area contributed by atoms with E-state index in [1.165, 1.54) is 33.5 Å². The van der Waals surface area contributed by atoms with Crippen LogP contribution < -0.4 is 11.1 Å². The molecule has 0 fully saturated rings. The number of pyridine rings is 2. The third-order valence-electron chi connectivity index (χ3n) is 5.33. The zero-order valence-electron chi connectivity index (χ0n) is 16.9. The topological polar surface area (TPSA) is 72.7 Å². The Hall–Kier alpha value is -3.68. The van der Waals surface area contributed by atoms with Gasteiger partial charge in [-0.3, -0.25) is 19.7 Å². The maximum Gasteiger partial charge on any atom is 0.281 e. The van der Waals surface area contributed by atoms with Gasteiger partial charge in [0.15, 0.2) is 0 Å². The zero-order valence-corrected chi connectivity index (χ0v) is 18.4. The number of aromatic nitrogens is 4. The minimum absolute atomic E-state index is 0.0432. The van der Waals surface area contributed by atoms with Crippen LogP contribution in [-0.2, 0) is 6.54 Å². The van der Waals surface area contributed by atoms with E-state index in [-0.39, 0.29) is 33.7 Å². The van der Waals surface area contributed by atoms with Gasteiger partial charge in [0.1, 0.15) is 5.82 Å². The number of rotatable bonds is 4. The van der Waals surface area contributed by atoms with E-state index in [9.17, 15) is 9.59 Å². The summed E-state index contributed by atoms with van der Waals surface area (Å²) in [5, 5.41) is 3.69. The maximum atomic E-state index is 15.0. The van der Waals surface area contributed by atoms with Gasteiger partial charge < -0.3 is 4.57 Å². The van der Waals surface area contributed by atoms with Crippen LogP contribution in [0, 0.1) is 5.82 Å². The molecular weight excluding hydrogens is 466 g/mol. The van der Waals surface area contributed by atoms with Crippen molar-refractivity contribution in [3.63, 3.8) is 0 Å². The number of halogens is 3. The summed E-state index contributed by atoms with van der Waals surface area (Å²) < 4.78 is 17.6. The van der Waals surface area contributed by atoms with Crippen LogP contribution in [0.4, 0.5) is 4.39 Å². The van der Waals surface area contributed by atoms with E-state index in [1.54, 1.807) is 48.8 Å². The van der Waals surface area contributed by atoms with Crippen LogP contribution in [0.5, 0.6) is 0 Å². The lowest BCUT2D eigenvalue weighted by Crippen LogP contribution is -2.24. The average Bonchev–Trinajstić information content (AvgIpc) is 3.12. The van der Waals surface area contributed by atoms with Gasteiger partial charge in [0.25, 0.3) is 11.1 Å². The summed E-state index contributed by atoms with van der Waals surface area (Å²) in [6.07, 6.45) is 3.19. The van der Waals surface area contributed by atoms with E-state index in [0.29, 0.717) is 10.7 Å². The summed E-state index contributed by atoms with van der Waals surface area (Å²) in [6, 6.07) is 15.6. The fraction of sp³-hybridized carbons (Fsp3) is 0.0417. The van der Waals surface area contributed by atoms with Crippen molar-refractivity contribution >= 4 is 34.1 Å². The van der Waals surface area contributed by atoms with Gasteiger partial charge in [-0.2, -0.15) is 0 Å². The molecule has 2 aromatic carbocycles. The van der Waals surface area contributed by atoms with Crippen molar-refractivity contribution in [1.82, 2.24) is 19.3 Å². The Morgan fingerprint density at radius 2 is 1.73 bits per heavy atom. The molecule has 0 unspecified atom stereocenters. The van der Waals surface area contributed by atoms with Crippen molar-refractivity contribution in [2.24, 2.45) is 0 Å². The average molecular weight is 481 g/mol. The molecule has 0 amide bonds. The van der Waals surface area contributed by atoms with Crippen molar-refractivity contribution in [3.8, 4) is 16.9 Å². The summed E-state index contributed by atoms with van der Waals surface area (Å²) in [6.45, 7) is 0.106. The molecular formula is C24H15Cl2FN4O2. The number of H-pyrrole nitrogens is 1. The van der Waals surface area contributed by atoms with Crippen LogP contribution in [0.3, 0.4) is 0 Å². The van der Waals surface area contributed by atoms with E-state index in [1.807, 2.05) is 0 Å². The largest absolute Gasteiger partial charge is 0.303 e. The monoisotopic (exact) mass is 480 g/mol. The van der Waals surface area contributed by atoms with Gasteiger partial charge >= 0.3 is 0 Å². The molecule has 0 spiro atoms. The minimum atomic E-state index is -0.611. The highest BCUT2D eigenvalue weighted by atomic mass is 35.5. The van der Waals surface area contributed by atoms with Gasteiger partial charge in [-0.25, -0.2) is 9.07 Å². The van der Waals surface area contributed by atoms with Crippen LogP contribution in [0.1, 0.15) is 5.56 Å². The molecule has 33 heavy (non-hydrogen) atoms. The van der Waals surface area contributed by atoms with Gasteiger partial charge in [-0.15, -0.1) is 0 Å². The molecule has 0 atom stereocenters. The number of hydrogen-bond donors (Lipinski definition) is 1. The number of aromatic amines is 1. The summed E-state index contributed by atoms with van der Waals surface area (Å²) in [7, 11) is 0. The summed E-state index contributed by atoms with van der Waals surface area (Å²) in [4.78, 5) is 30.8. The molecule has 0 aliphatic heterocycles. The van der Waals surface area contributed by atoms with Gasteiger partial charge in [-0.05, 0) is 48.0 Å². The SMILES string of the molecule is O=c1c2c(-c3cc(Cl)ccc3F)n(Cc3ccncc3)c(=O)cc2[nH]n1-c1ccccc1Cl. The standard InChI is InChI=1S/C24H15Cl2FN4O2/c25-15-5-6-18(27)16(11-15)23-22-19(12-21(32)30(23)13-14-7-9-28-10-8-14)29-31(24(22)33)20-4-2-1-3-17(20)26/h1-12,29H,13H2. The molecule has 164 valence electrons. The van der Waals surface area contributed by atoms with E-state index in [2.05, 4.69) is 10.1 Å². The van der Waals surface area contributed by atoms with Crippen molar-refractivity contribution in [1.29, 1.82) is 0 Å². The Morgan fingerprint density at radius 1 is 0.970 bits per heavy atom. The smallest absolute Gasteiger partial charge is 0.281 e. The molecule has 3 heterocycles. The van der Waals surface area contributed by atoms with E-state index in [0.717, 1.165) is 5.56 Å². The van der Waals surface area contributed by atoms with E-state index in [4.69, 9.17) is 23.2 Å². The lowest BCUT2D eigenvalue weighted by molar-refractivity contribution is 0.628. The minimum Gasteiger partial charge on any atom is -0.303 e. The number of nitrogens with one attached hydrogen (secondary N) is 1. The molecule has 0 aliphatic carbocycles. The predicted octanol–water partition coefficient (Wildman–Crippen LogP) is 5.04. The van der Waals surface area contributed by atoms with Crippen LogP contribution in [0.2, 0.25) is 10.0 Å². The maximum absolute atomic E-state index is 15.0. The number of fused-ring (bicyclic) bond motifs is 1. The third kappa shape index (κ3) is 3.75. The normalized spacial score (nSPS) is 11.2. The molecule has 0 aliphatic rings. The second kappa shape index (κ2) is 8.35. The highest BCUT2D eigenvalue weighted by Gasteiger charge is 2.22. The van der Waals surface area contributed by atoms with Crippen LogP contribution in [0.25, 0.3) is 27.8 Å². The Morgan fingerprint density at radius 3 is 2.48 bits per heavy atom. The first-order chi connectivity index (χ1) is 15.9. The van der Waals surface area contributed by atoms with Crippen molar-refractivity contribution in [3.05, 3.63) is 115 Å². The lowest BCUT2D eigenvalue weighted by atomic mass is 10.1. The van der Waals surface area contributed by atoms with Crippen LogP contribution in [-0.4, -0.2) is 19.3 Å². The molecule has 0 saturated heterocycles. The summed E-state index contributed by atoms with van der Waals surface area (Å²) in [5.41, 5.74) is 0.702. The van der Waals surface area contributed by atoms with Crippen molar-refractivity contribution in [2.75, 3.05) is 0 Å².